The van der Waals surface area contributed by atoms with Crippen LogP contribution in [0.3, 0.4) is 0 Å². The van der Waals surface area contributed by atoms with Gasteiger partial charge in [0.1, 0.15) is 19.3 Å². The van der Waals surface area contributed by atoms with Crippen molar-refractivity contribution in [2.24, 2.45) is 0 Å². The number of phosphoric acid groups is 2. The van der Waals surface area contributed by atoms with E-state index in [1.807, 2.05) is 24.3 Å². The van der Waals surface area contributed by atoms with Crippen LogP contribution in [0, 0.1) is 0 Å². The van der Waals surface area contributed by atoms with Crippen molar-refractivity contribution in [1.82, 2.24) is 0 Å². The number of hydrogen-bond acceptors (Lipinski definition) is 15. The Morgan fingerprint density at radius 2 is 0.570 bits per heavy atom. The van der Waals surface area contributed by atoms with Crippen molar-refractivity contribution >= 4 is 39.5 Å². The molecule has 0 aliphatic rings. The lowest BCUT2D eigenvalue weighted by molar-refractivity contribution is -0.161. The van der Waals surface area contributed by atoms with Crippen LogP contribution in [0.15, 0.2) is 146 Å². The Balaban J connectivity index is 5.48. The SMILES string of the molecule is CC/C=C\C/C=C\C/C=C\C/C=C\C/C=C\CCCC(=O)OCC(COP(=O)(O)OCC(O)COP(=O)(O)OCC(COC(=O)CCCCCCC/C=C\C/C=C\CCCCC)OC(=O)CCCCCCCCCCCCCCC)OC(=O)C/C=C\C/C=C\C/C=C\C/C=C\C/C=C\CC. The third-order valence-corrected chi connectivity index (χ3v) is 17.2. The maximum Gasteiger partial charge on any atom is 0.472 e. The van der Waals surface area contributed by atoms with Gasteiger partial charge in [-0.15, -0.1) is 0 Å². The molecule has 100 heavy (non-hydrogen) atoms. The van der Waals surface area contributed by atoms with E-state index in [2.05, 4.69) is 137 Å². The Morgan fingerprint density at radius 1 is 0.300 bits per heavy atom. The number of hydrogen-bond donors (Lipinski definition) is 3. The zero-order chi connectivity index (χ0) is 73.2. The van der Waals surface area contributed by atoms with Crippen molar-refractivity contribution in [1.29, 1.82) is 0 Å². The Labute approximate surface area is 605 Å². The molecule has 0 rings (SSSR count). The summed E-state index contributed by atoms with van der Waals surface area (Å²) in [6.45, 7) is 4.41. The van der Waals surface area contributed by atoms with Gasteiger partial charge in [0.2, 0.25) is 0 Å². The standard InChI is InChI=1S/C81H134O17P2/c1-5-9-13-17-21-25-29-33-36-37-40-43-46-50-54-58-62-66-79(84)92-72-77(98-81(86)68-64-60-56-52-48-44-39-35-31-27-23-19-15-11-7-3)74-96-100(89,90)94-70-75(82)69-93-99(87,88)95-73-76(97-80(85)67-63-59-55-51-47-41-32-28-24-20-16-12-8-4)71-91-78(83)65-61-57-53-49-45-42-38-34-30-26-22-18-14-10-6-2/h9,11,13,15,21-23,25-27,33-36,38-40,43,48,50,52,54,60,64,75-77,82H,5-8,10,12,14,16-20,24,28-32,37,41-42,44-47,49,51,53,55-59,61-63,65-74H2,1-4H3,(H,87,88)(H,89,90)/b13-9-,15-11-,25-21-,26-22-,27-23-,36-33-,38-34-,39-35-,43-40-,52-48-,54-50-,64-60-. The maximum absolute atomic E-state index is 13.1. The van der Waals surface area contributed by atoms with Gasteiger partial charge in [-0.25, -0.2) is 9.13 Å². The summed E-state index contributed by atoms with van der Waals surface area (Å²) in [5.41, 5.74) is 0. The highest BCUT2D eigenvalue weighted by Gasteiger charge is 2.30. The van der Waals surface area contributed by atoms with Crippen molar-refractivity contribution in [2.45, 2.75) is 303 Å². The van der Waals surface area contributed by atoms with Gasteiger partial charge in [0.05, 0.1) is 32.8 Å². The summed E-state index contributed by atoms with van der Waals surface area (Å²) in [7, 11) is -10.0. The molecular weight excluding hydrogens is 1310 g/mol. The third kappa shape index (κ3) is 71.3. The van der Waals surface area contributed by atoms with Crippen LogP contribution in [-0.2, 0) is 65.4 Å². The van der Waals surface area contributed by atoms with Crippen LogP contribution in [0.1, 0.15) is 285 Å². The average Bonchev–Trinajstić information content (AvgIpc) is 1.06. The minimum absolute atomic E-state index is 0.0592. The topological polar surface area (TPSA) is 237 Å². The fourth-order valence-electron chi connectivity index (χ4n) is 9.60. The van der Waals surface area contributed by atoms with E-state index in [1.165, 1.54) is 70.6 Å². The van der Waals surface area contributed by atoms with E-state index in [0.717, 1.165) is 128 Å². The van der Waals surface area contributed by atoms with Crippen molar-refractivity contribution in [3.63, 3.8) is 0 Å². The zero-order valence-corrected chi connectivity index (χ0v) is 63.9. The Hall–Kier alpha value is -5.06. The molecule has 0 aromatic rings. The number of carbonyl (C=O) groups excluding carboxylic acids is 4. The lowest BCUT2D eigenvalue weighted by Gasteiger charge is -2.21. The van der Waals surface area contributed by atoms with Gasteiger partial charge in [0, 0.05) is 19.3 Å². The molecule has 0 saturated carbocycles. The highest BCUT2D eigenvalue weighted by atomic mass is 31.2. The molecule has 0 radical (unpaired) electrons. The zero-order valence-electron chi connectivity index (χ0n) is 62.1. The predicted molar refractivity (Wildman–Crippen MR) is 408 cm³/mol. The van der Waals surface area contributed by atoms with E-state index >= 15 is 0 Å². The van der Waals surface area contributed by atoms with Crippen molar-refractivity contribution < 1.29 is 80.2 Å². The number of allylic oxidation sites excluding steroid dienone is 23. The predicted octanol–water partition coefficient (Wildman–Crippen LogP) is 21.9. The smallest absolute Gasteiger partial charge is 0.462 e. The molecule has 570 valence electrons. The molecule has 0 fully saturated rings. The molecule has 5 unspecified atom stereocenters. The summed E-state index contributed by atoms with van der Waals surface area (Å²) in [4.78, 5) is 72.8. The molecule has 0 aliphatic carbocycles. The first kappa shape index (κ1) is 94.9. The number of carbonyl (C=O) groups is 4. The summed E-state index contributed by atoms with van der Waals surface area (Å²) in [6, 6.07) is 0. The van der Waals surface area contributed by atoms with E-state index in [-0.39, 0.29) is 25.7 Å². The van der Waals surface area contributed by atoms with Gasteiger partial charge in [-0.05, 0) is 122 Å². The summed E-state index contributed by atoms with van der Waals surface area (Å²) >= 11 is 0. The van der Waals surface area contributed by atoms with Crippen molar-refractivity contribution in [3.05, 3.63) is 146 Å². The summed E-state index contributed by atoms with van der Waals surface area (Å²) < 4.78 is 68.3. The number of rotatable bonds is 70. The largest absolute Gasteiger partial charge is 0.472 e. The van der Waals surface area contributed by atoms with Gasteiger partial charge in [-0.1, -0.05) is 283 Å². The molecule has 0 spiro atoms. The molecule has 0 bridgehead atoms. The highest BCUT2D eigenvalue weighted by molar-refractivity contribution is 7.47. The highest BCUT2D eigenvalue weighted by Crippen LogP contribution is 2.45. The van der Waals surface area contributed by atoms with Crippen LogP contribution in [0.5, 0.6) is 0 Å². The first-order valence-electron chi connectivity index (χ1n) is 38.1. The number of aliphatic hydroxyl groups is 1. The molecule has 0 aromatic carbocycles. The average molecular weight is 1440 g/mol. The molecule has 19 heteroatoms. The first-order chi connectivity index (χ1) is 48.7. The van der Waals surface area contributed by atoms with Crippen LogP contribution in [0.25, 0.3) is 0 Å². The lowest BCUT2D eigenvalue weighted by atomic mass is 10.0. The molecule has 0 amide bonds. The van der Waals surface area contributed by atoms with Gasteiger partial charge in [0.25, 0.3) is 0 Å². The van der Waals surface area contributed by atoms with Crippen LogP contribution >= 0.6 is 15.6 Å². The van der Waals surface area contributed by atoms with Gasteiger partial charge in [0.15, 0.2) is 12.2 Å². The third-order valence-electron chi connectivity index (χ3n) is 15.3. The number of unbranched alkanes of at least 4 members (excludes halogenated alkanes) is 21. The van der Waals surface area contributed by atoms with Crippen molar-refractivity contribution in [2.75, 3.05) is 39.6 Å². The number of phosphoric ester groups is 2. The number of ether oxygens (including phenoxy) is 4. The fraction of sp³-hybridized carbons (Fsp3) is 0.654. The molecule has 0 saturated heterocycles. The Bertz CT molecular complexity index is 2470. The Morgan fingerprint density at radius 3 is 0.950 bits per heavy atom. The van der Waals surface area contributed by atoms with E-state index < -0.39 is 97.5 Å². The second-order valence-electron chi connectivity index (χ2n) is 24.8. The molecule has 5 atom stereocenters. The maximum atomic E-state index is 13.1. The molecule has 17 nitrogen and oxygen atoms in total. The molecular formula is C81H134O17P2. The van der Waals surface area contributed by atoms with Crippen LogP contribution in [0.2, 0.25) is 0 Å². The second kappa shape index (κ2) is 72.3. The fourth-order valence-corrected chi connectivity index (χ4v) is 11.2. The van der Waals surface area contributed by atoms with E-state index in [1.54, 1.807) is 12.2 Å². The quantitative estimate of drug-likeness (QED) is 0.0169. The number of aliphatic hydroxyl groups excluding tert-OH is 1. The molecule has 0 aliphatic heterocycles. The van der Waals surface area contributed by atoms with E-state index in [0.29, 0.717) is 32.1 Å². The monoisotopic (exact) mass is 1440 g/mol. The van der Waals surface area contributed by atoms with Crippen LogP contribution in [0.4, 0.5) is 0 Å². The summed E-state index contributed by atoms with van der Waals surface area (Å²) in [5.74, 6) is -2.41. The summed E-state index contributed by atoms with van der Waals surface area (Å²) in [6.07, 6.45) is 81.6. The molecule has 0 heterocycles. The van der Waals surface area contributed by atoms with Crippen LogP contribution < -0.4 is 0 Å². The Kier molecular flexibility index (Phi) is 68.6. The lowest BCUT2D eigenvalue weighted by Crippen LogP contribution is -2.30. The van der Waals surface area contributed by atoms with Crippen LogP contribution in [-0.4, -0.2) is 96.7 Å². The first-order valence-corrected chi connectivity index (χ1v) is 41.1. The van der Waals surface area contributed by atoms with E-state index in [4.69, 9.17) is 37.0 Å². The molecule has 0 aromatic heterocycles. The van der Waals surface area contributed by atoms with Gasteiger partial charge >= 0.3 is 39.5 Å². The minimum atomic E-state index is -5.02. The summed E-state index contributed by atoms with van der Waals surface area (Å²) in [5, 5.41) is 10.6. The van der Waals surface area contributed by atoms with Gasteiger partial charge in [-0.3, -0.25) is 37.3 Å². The normalized spacial score (nSPS) is 14.8. The second-order valence-corrected chi connectivity index (χ2v) is 27.8. The number of esters is 4. The van der Waals surface area contributed by atoms with Gasteiger partial charge in [-0.2, -0.15) is 0 Å². The molecule has 3 N–H and O–H groups in total. The minimum Gasteiger partial charge on any atom is -0.462 e. The van der Waals surface area contributed by atoms with Crippen molar-refractivity contribution in [3.8, 4) is 0 Å². The van der Waals surface area contributed by atoms with E-state index in [9.17, 15) is 43.2 Å². The van der Waals surface area contributed by atoms with Gasteiger partial charge < -0.3 is 33.8 Å².